The van der Waals surface area contributed by atoms with Crippen LogP contribution in [0.4, 0.5) is 0 Å². The van der Waals surface area contributed by atoms with Crippen molar-refractivity contribution < 1.29 is 4.42 Å². The SMILES string of the molecule is c1ccc(-c2ccc3c(-c4ccc5oc6ccccc6c5c4)nc(-n4c5ccccc5c5cc6ccccc6cc54)nc3c2)cc1. The molecule has 7 aromatic carbocycles. The monoisotopic (exact) mass is 587 g/mol. The highest BCUT2D eigenvalue weighted by molar-refractivity contribution is 6.13. The molecule has 10 aromatic rings. The maximum Gasteiger partial charge on any atom is 0.235 e. The normalized spacial score (nSPS) is 11.9. The number of rotatable bonds is 3. The molecule has 3 aromatic heterocycles. The zero-order valence-corrected chi connectivity index (χ0v) is 24.7. The first-order valence-electron chi connectivity index (χ1n) is 15.5. The second-order valence-corrected chi connectivity index (χ2v) is 11.8. The van der Waals surface area contributed by atoms with Gasteiger partial charge in [-0.2, -0.15) is 0 Å². The molecular formula is C42H25N3O. The molecular weight excluding hydrogens is 562 g/mol. The summed E-state index contributed by atoms with van der Waals surface area (Å²) in [4.78, 5) is 10.7. The average molecular weight is 588 g/mol. The van der Waals surface area contributed by atoms with Crippen LogP contribution >= 0.6 is 0 Å². The molecule has 10 rings (SSSR count). The molecule has 0 radical (unpaired) electrons. The van der Waals surface area contributed by atoms with Crippen molar-refractivity contribution >= 4 is 65.4 Å². The minimum atomic E-state index is 0.645. The van der Waals surface area contributed by atoms with Crippen LogP contribution in [0.25, 0.3) is 93.8 Å². The molecule has 0 bridgehead atoms. The summed E-state index contributed by atoms with van der Waals surface area (Å²) in [5.74, 6) is 0.645. The van der Waals surface area contributed by atoms with Crippen LogP contribution in [-0.2, 0) is 0 Å². The Balaban J connectivity index is 1.30. The Hall–Kier alpha value is -6.26. The van der Waals surface area contributed by atoms with Crippen LogP contribution in [-0.4, -0.2) is 14.5 Å². The molecule has 0 atom stereocenters. The molecule has 0 amide bonds. The Labute approximate surface area is 263 Å². The highest BCUT2D eigenvalue weighted by Crippen LogP contribution is 2.38. The summed E-state index contributed by atoms with van der Waals surface area (Å²) in [6.07, 6.45) is 0. The molecule has 0 saturated carbocycles. The second kappa shape index (κ2) is 9.62. The third kappa shape index (κ3) is 3.74. The average Bonchev–Trinajstić information content (AvgIpc) is 3.65. The number of benzene rings is 7. The molecule has 0 spiro atoms. The summed E-state index contributed by atoms with van der Waals surface area (Å²) >= 11 is 0. The first-order chi connectivity index (χ1) is 22.8. The van der Waals surface area contributed by atoms with Crippen molar-refractivity contribution in [3.05, 3.63) is 152 Å². The lowest BCUT2D eigenvalue weighted by Crippen LogP contribution is -2.03. The van der Waals surface area contributed by atoms with Crippen molar-refractivity contribution in [1.82, 2.24) is 14.5 Å². The second-order valence-electron chi connectivity index (χ2n) is 11.8. The Morgan fingerprint density at radius 3 is 2.02 bits per heavy atom. The summed E-state index contributed by atoms with van der Waals surface area (Å²) in [6.45, 7) is 0. The smallest absolute Gasteiger partial charge is 0.235 e. The zero-order valence-electron chi connectivity index (χ0n) is 24.7. The van der Waals surface area contributed by atoms with Crippen LogP contribution in [0.1, 0.15) is 0 Å². The van der Waals surface area contributed by atoms with Gasteiger partial charge in [0.05, 0.1) is 22.2 Å². The molecule has 4 nitrogen and oxygen atoms in total. The number of fused-ring (bicyclic) bond motifs is 8. The van der Waals surface area contributed by atoms with Crippen LogP contribution in [0.2, 0.25) is 0 Å². The maximum absolute atomic E-state index is 6.17. The topological polar surface area (TPSA) is 43.9 Å². The fourth-order valence-electron chi connectivity index (χ4n) is 6.99. The Bertz CT molecular complexity index is 2810. The fourth-order valence-corrected chi connectivity index (χ4v) is 6.99. The van der Waals surface area contributed by atoms with Gasteiger partial charge < -0.3 is 4.42 Å². The summed E-state index contributed by atoms with van der Waals surface area (Å²) < 4.78 is 8.40. The summed E-state index contributed by atoms with van der Waals surface area (Å²) in [5, 5.41) is 7.93. The van der Waals surface area contributed by atoms with E-state index in [9.17, 15) is 0 Å². The standard InChI is InChI=1S/C42H25N3O/c1-2-10-26(11-3-1)29-18-20-33-36(24-29)43-42(44-41(33)30-19-21-40-35(23-30)32-15-7-9-17-39(32)46-40)45-37-16-8-6-14-31(37)34-22-27-12-4-5-13-28(27)25-38(34)45/h1-25H. The van der Waals surface area contributed by atoms with E-state index in [-0.39, 0.29) is 0 Å². The van der Waals surface area contributed by atoms with Gasteiger partial charge in [-0.1, -0.05) is 97.1 Å². The summed E-state index contributed by atoms with van der Waals surface area (Å²) in [7, 11) is 0. The molecule has 4 heteroatoms. The summed E-state index contributed by atoms with van der Waals surface area (Å²) in [5.41, 5.74) is 8.98. The minimum Gasteiger partial charge on any atom is -0.456 e. The van der Waals surface area contributed by atoms with Gasteiger partial charge in [0, 0.05) is 32.5 Å². The first-order valence-corrected chi connectivity index (χ1v) is 15.5. The van der Waals surface area contributed by atoms with Gasteiger partial charge in [-0.3, -0.25) is 4.57 Å². The van der Waals surface area contributed by atoms with E-state index in [0.717, 1.165) is 66.3 Å². The Morgan fingerprint density at radius 2 is 1.13 bits per heavy atom. The van der Waals surface area contributed by atoms with Crippen LogP contribution in [0.15, 0.2) is 156 Å². The van der Waals surface area contributed by atoms with E-state index in [1.807, 2.05) is 18.2 Å². The lowest BCUT2D eigenvalue weighted by molar-refractivity contribution is 0.669. The van der Waals surface area contributed by atoms with E-state index >= 15 is 0 Å². The number of hydrogen-bond donors (Lipinski definition) is 0. The van der Waals surface area contributed by atoms with Crippen molar-refractivity contribution in [2.45, 2.75) is 0 Å². The maximum atomic E-state index is 6.17. The van der Waals surface area contributed by atoms with Crippen molar-refractivity contribution in [1.29, 1.82) is 0 Å². The molecule has 0 saturated heterocycles. The third-order valence-electron chi connectivity index (χ3n) is 9.18. The van der Waals surface area contributed by atoms with E-state index in [1.54, 1.807) is 0 Å². The van der Waals surface area contributed by atoms with Gasteiger partial charge in [0.25, 0.3) is 0 Å². The number of furan rings is 1. The van der Waals surface area contributed by atoms with E-state index in [2.05, 4.69) is 138 Å². The quantitative estimate of drug-likeness (QED) is 0.207. The van der Waals surface area contributed by atoms with Gasteiger partial charge in [0.15, 0.2) is 0 Å². The Kier molecular flexibility index (Phi) is 5.25. The summed E-state index contributed by atoms with van der Waals surface area (Å²) in [6, 6.07) is 53.2. The van der Waals surface area contributed by atoms with E-state index < -0.39 is 0 Å². The minimum absolute atomic E-state index is 0.645. The molecule has 0 aliphatic heterocycles. The van der Waals surface area contributed by atoms with Crippen molar-refractivity contribution in [2.75, 3.05) is 0 Å². The number of para-hydroxylation sites is 2. The van der Waals surface area contributed by atoms with Crippen molar-refractivity contribution in [2.24, 2.45) is 0 Å². The van der Waals surface area contributed by atoms with Crippen molar-refractivity contribution in [3.63, 3.8) is 0 Å². The first kappa shape index (κ1) is 25.1. The van der Waals surface area contributed by atoms with Crippen LogP contribution in [0.5, 0.6) is 0 Å². The van der Waals surface area contributed by atoms with Gasteiger partial charge >= 0.3 is 0 Å². The predicted molar refractivity (Wildman–Crippen MR) is 190 cm³/mol. The molecule has 3 heterocycles. The lowest BCUT2D eigenvalue weighted by Gasteiger charge is -2.13. The Morgan fingerprint density at radius 1 is 0.413 bits per heavy atom. The molecule has 0 unspecified atom stereocenters. The molecule has 0 aliphatic carbocycles. The lowest BCUT2D eigenvalue weighted by atomic mass is 10.00. The fraction of sp³-hybridized carbons (Fsp3) is 0. The van der Waals surface area contributed by atoms with E-state index in [0.29, 0.717) is 5.95 Å². The highest BCUT2D eigenvalue weighted by Gasteiger charge is 2.19. The largest absolute Gasteiger partial charge is 0.456 e. The molecule has 214 valence electrons. The molecule has 0 N–H and O–H groups in total. The molecule has 0 fully saturated rings. The molecule has 0 aliphatic rings. The number of hydrogen-bond acceptors (Lipinski definition) is 3. The van der Waals surface area contributed by atoms with E-state index in [1.165, 1.54) is 21.5 Å². The van der Waals surface area contributed by atoms with Gasteiger partial charge in [-0.25, -0.2) is 9.97 Å². The highest BCUT2D eigenvalue weighted by atomic mass is 16.3. The number of nitrogens with zero attached hydrogens (tertiary/aromatic N) is 3. The third-order valence-corrected chi connectivity index (χ3v) is 9.18. The van der Waals surface area contributed by atoms with Crippen LogP contribution < -0.4 is 0 Å². The van der Waals surface area contributed by atoms with E-state index in [4.69, 9.17) is 14.4 Å². The van der Waals surface area contributed by atoms with Gasteiger partial charge in [-0.15, -0.1) is 0 Å². The zero-order chi connectivity index (χ0) is 30.2. The number of aromatic nitrogens is 3. The van der Waals surface area contributed by atoms with Gasteiger partial charge in [0.1, 0.15) is 11.2 Å². The predicted octanol–water partition coefficient (Wildman–Crippen LogP) is 11.1. The van der Waals surface area contributed by atoms with Crippen LogP contribution in [0.3, 0.4) is 0 Å². The van der Waals surface area contributed by atoms with Gasteiger partial charge in [0.2, 0.25) is 5.95 Å². The van der Waals surface area contributed by atoms with Gasteiger partial charge in [-0.05, 0) is 76.5 Å². The van der Waals surface area contributed by atoms with Crippen LogP contribution in [0, 0.1) is 0 Å². The van der Waals surface area contributed by atoms with Crippen molar-refractivity contribution in [3.8, 4) is 28.3 Å². The molecule has 46 heavy (non-hydrogen) atoms.